The minimum atomic E-state index is -0.601. The normalized spacial score (nSPS) is 28.0. The summed E-state index contributed by atoms with van der Waals surface area (Å²) < 4.78 is 10.8. The van der Waals surface area contributed by atoms with Crippen LogP contribution in [0.4, 0.5) is 0 Å². The fourth-order valence-electron chi connectivity index (χ4n) is 3.94. The Morgan fingerprint density at radius 3 is 2.73 bits per heavy atom. The van der Waals surface area contributed by atoms with Crippen LogP contribution < -0.4 is 10.3 Å². The van der Waals surface area contributed by atoms with E-state index in [9.17, 15) is 14.7 Å². The van der Waals surface area contributed by atoms with Crippen molar-refractivity contribution in [3.05, 3.63) is 51.5 Å². The lowest BCUT2D eigenvalue weighted by atomic mass is 9.78. The molecular weight excluding hydrogens is 360 g/mol. The molecule has 1 amide bonds. The first kappa shape index (κ1) is 17.2. The molecule has 2 aliphatic rings. The van der Waals surface area contributed by atoms with E-state index in [1.54, 1.807) is 23.1 Å². The van der Waals surface area contributed by atoms with Crippen LogP contribution in [-0.2, 0) is 0 Å². The highest BCUT2D eigenvalue weighted by atomic mass is 35.5. The number of nitrogens with one attached hydrogen (secondary N) is 1. The summed E-state index contributed by atoms with van der Waals surface area (Å²) >= 11 is 5.98. The molecule has 0 spiro atoms. The number of ether oxygens (including phenoxy) is 1. The average molecular weight is 379 g/mol. The third-order valence-electron chi connectivity index (χ3n) is 5.19. The molecule has 2 N–H and O–H groups in total. The summed E-state index contributed by atoms with van der Waals surface area (Å²) in [4.78, 5) is 25.3. The highest BCUT2D eigenvalue weighted by Gasteiger charge is 2.44. The molecule has 1 saturated carbocycles. The molecule has 138 valence electrons. The molecule has 1 saturated heterocycles. The van der Waals surface area contributed by atoms with Crippen LogP contribution in [0.3, 0.4) is 0 Å². The fourth-order valence-corrected chi connectivity index (χ4v) is 4.12. The van der Waals surface area contributed by atoms with Crippen molar-refractivity contribution in [3.63, 3.8) is 0 Å². The molecule has 0 radical (unpaired) electrons. The van der Waals surface area contributed by atoms with Gasteiger partial charge in [-0.15, -0.1) is 0 Å². The Kier molecular flexibility index (Phi) is 4.50. The number of rotatable bonds is 3. The molecule has 1 aliphatic carbocycles. The number of hydrogen-bond acceptors (Lipinski definition) is 5. The van der Waals surface area contributed by atoms with Crippen molar-refractivity contribution in [1.29, 1.82) is 0 Å². The van der Waals surface area contributed by atoms with Gasteiger partial charge in [-0.05, 0) is 42.9 Å². The van der Waals surface area contributed by atoms with Crippen LogP contribution in [0.1, 0.15) is 23.4 Å². The Morgan fingerprint density at radius 1 is 1.27 bits per heavy atom. The lowest BCUT2D eigenvalue weighted by Crippen LogP contribution is -2.42. The first-order chi connectivity index (χ1) is 12.5. The quantitative estimate of drug-likeness (QED) is 0.850. The van der Waals surface area contributed by atoms with E-state index < -0.39 is 11.7 Å². The van der Waals surface area contributed by atoms with E-state index in [1.807, 2.05) is 6.07 Å². The first-order valence-corrected chi connectivity index (χ1v) is 8.95. The Bertz CT molecular complexity index is 863. The number of hydrogen-bond donors (Lipinski definition) is 2. The molecule has 2 fully saturated rings. The van der Waals surface area contributed by atoms with E-state index >= 15 is 0 Å². The van der Waals surface area contributed by atoms with Crippen LogP contribution in [0.2, 0.25) is 5.02 Å². The van der Waals surface area contributed by atoms with Crippen LogP contribution in [0.25, 0.3) is 0 Å². The van der Waals surface area contributed by atoms with E-state index in [2.05, 4.69) is 5.16 Å². The second kappa shape index (κ2) is 6.81. The number of H-pyrrole nitrogens is 1. The number of benzene rings is 1. The summed E-state index contributed by atoms with van der Waals surface area (Å²) in [6.45, 7) is 1.10. The Labute approximate surface area is 154 Å². The number of aliphatic hydroxyl groups is 1. The molecule has 2 heterocycles. The smallest absolute Gasteiger partial charge is 0.292 e. The summed E-state index contributed by atoms with van der Waals surface area (Å²) in [6.07, 6.45) is 0.279. The summed E-state index contributed by atoms with van der Waals surface area (Å²) in [5.74, 6) is 0.775. The number of aromatic amines is 1. The molecule has 2 aromatic rings. The van der Waals surface area contributed by atoms with Crippen LogP contribution >= 0.6 is 11.6 Å². The second-order valence-electron chi connectivity index (χ2n) is 6.96. The second-order valence-corrected chi connectivity index (χ2v) is 7.40. The van der Waals surface area contributed by atoms with Gasteiger partial charge in [-0.1, -0.05) is 17.7 Å². The van der Waals surface area contributed by atoms with Crippen LogP contribution in [0.5, 0.6) is 5.75 Å². The van der Waals surface area contributed by atoms with Crippen molar-refractivity contribution in [3.8, 4) is 5.75 Å². The minimum absolute atomic E-state index is 0.0147. The monoisotopic (exact) mass is 378 g/mol. The van der Waals surface area contributed by atoms with Crippen molar-refractivity contribution in [2.24, 2.45) is 11.8 Å². The van der Waals surface area contributed by atoms with E-state index in [4.69, 9.17) is 20.9 Å². The van der Waals surface area contributed by atoms with E-state index in [1.165, 1.54) is 0 Å². The van der Waals surface area contributed by atoms with E-state index in [-0.39, 0.29) is 29.6 Å². The Morgan fingerprint density at radius 2 is 2.04 bits per heavy atom. The predicted molar refractivity (Wildman–Crippen MR) is 93.3 cm³/mol. The Balaban J connectivity index is 1.43. The van der Waals surface area contributed by atoms with Gasteiger partial charge in [0.2, 0.25) is 5.76 Å². The largest absolute Gasteiger partial charge is 0.488 e. The number of amides is 1. The lowest BCUT2D eigenvalue weighted by Gasteiger charge is -2.35. The molecular formula is C18H19ClN2O5. The van der Waals surface area contributed by atoms with Gasteiger partial charge in [0.05, 0.1) is 12.2 Å². The van der Waals surface area contributed by atoms with Crippen molar-refractivity contribution in [2.75, 3.05) is 13.1 Å². The number of carbonyl (C=O) groups is 1. The lowest BCUT2D eigenvalue weighted by molar-refractivity contribution is -0.0231. The third-order valence-corrected chi connectivity index (χ3v) is 5.43. The van der Waals surface area contributed by atoms with E-state index in [0.29, 0.717) is 36.7 Å². The van der Waals surface area contributed by atoms with Gasteiger partial charge in [-0.25, -0.2) is 0 Å². The molecule has 0 bridgehead atoms. The fraction of sp³-hybridized carbons (Fsp3) is 0.444. The minimum Gasteiger partial charge on any atom is -0.488 e. The molecule has 0 unspecified atom stereocenters. The van der Waals surface area contributed by atoms with Crippen molar-refractivity contribution in [1.82, 2.24) is 10.1 Å². The maximum Gasteiger partial charge on any atom is 0.292 e. The number of fused-ring (bicyclic) bond motifs is 1. The molecule has 7 nitrogen and oxygen atoms in total. The topological polar surface area (TPSA) is 95.8 Å². The molecule has 26 heavy (non-hydrogen) atoms. The molecule has 4 rings (SSSR count). The van der Waals surface area contributed by atoms with Gasteiger partial charge >= 0.3 is 0 Å². The Hall–Kier alpha value is -2.25. The van der Waals surface area contributed by atoms with Gasteiger partial charge in [-0.3, -0.25) is 9.59 Å². The number of halogens is 1. The highest BCUT2D eigenvalue weighted by molar-refractivity contribution is 6.30. The number of likely N-dealkylation sites (tertiary alicyclic amines) is 1. The number of nitrogens with zero attached hydrogens (tertiary/aromatic N) is 1. The van der Waals surface area contributed by atoms with Crippen LogP contribution in [0.15, 0.2) is 39.6 Å². The summed E-state index contributed by atoms with van der Waals surface area (Å²) in [5.41, 5.74) is -0.435. The average Bonchev–Trinajstić information content (AvgIpc) is 3.20. The van der Waals surface area contributed by atoms with E-state index in [0.717, 1.165) is 6.07 Å². The molecule has 8 heteroatoms. The zero-order valence-corrected chi connectivity index (χ0v) is 14.7. The molecule has 4 atom stereocenters. The molecule has 1 aromatic heterocycles. The number of aliphatic hydroxyl groups excluding tert-OH is 1. The predicted octanol–water partition coefficient (Wildman–Crippen LogP) is 1.91. The summed E-state index contributed by atoms with van der Waals surface area (Å²) in [7, 11) is 0. The number of aromatic nitrogens is 1. The zero-order chi connectivity index (χ0) is 18.3. The van der Waals surface area contributed by atoms with Gasteiger partial charge < -0.3 is 19.3 Å². The van der Waals surface area contributed by atoms with Crippen molar-refractivity contribution in [2.45, 2.75) is 25.0 Å². The summed E-state index contributed by atoms with van der Waals surface area (Å²) in [6, 6.07) is 8.25. The highest BCUT2D eigenvalue weighted by Crippen LogP contribution is 2.38. The SMILES string of the molecule is O=C(c1cc(=O)[nH]o1)N1C[C@H]2C[C@@H](Oc3cccc(Cl)c3)[C@H](O)C[C@H]2C1. The van der Waals surface area contributed by atoms with Gasteiger partial charge in [0.1, 0.15) is 11.9 Å². The van der Waals surface area contributed by atoms with Crippen molar-refractivity contribution >= 4 is 17.5 Å². The van der Waals surface area contributed by atoms with Crippen LogP contribution in [0, 0.1) is 11.8 Å². The number of carbonyl (C=O) groups excluding carboxylic acids is 1. The van der Waals surface area contributed by atoms with Gasteiger partial charge in [0.25, 0.3) is 11.5 Å². The first-order valence-electron chi connectivity index (χ1n) is 8.57. The maximum atomic E-state index is 12.5. The van der Waals surface area contributed by atoms with Crippen LogP contribution in [-0.4, -0.2) is 46.4 Å². The third kappa shape index (κ3) is 3.37. The standard InChI is InChI=1S/C18H19ClN2O5/c19-12-2-1-3-13(6-12)25-15-5-11-9-21(8-10(11)4-14(15)22)18(24)16-7-17(23)20-26-16/h1-3,6-7,10-11,14-15,22H,4-5,8-9H2,(H,20,23)/t10-,11+,14+,15+/m0/s1. The summed E-state index contributed by atoms with van der Waals surface area (Å²) in [5, 5.41) is 13.2. The van der Waals surface area contributed by atoms with Crippen molar-refractivity contribution < 1.29 is 19.2 Å². The van der Waals surface area contributed by atoms with Gasteiger partial charge in [0.15, 0.2) is 0 Å². The zero-order valence-electron chi connectivity index (χ0n) is 13.9. The van der Waals surface area contributed by atoms with Gasteiger partial charge in [-0.2, -0.15) is 5.16 Å². The van der Waals surface area contributed by atoms with Gasteiger partial charge in [0, 0.05) is 18.1 Å². The molecule has 1 aliphatic heterocycles. The molecule has 1 aromatic carbocycles. The maximum absolute atomic E-state index is 12.5.